The van der Waals surface area contributed by atoms with Gasteiger partial charge in [0.15, 0.2) is 0 Å². The molecule has 0 aliphatic heterocycles. The maximum atomic E-state index is 11.5. The molecular weight excluding hydrogens is 220 g/mol. The summed E-state index contributed by atoms with van der Waals surface area (Å²) in [5.41, 5.74) is 3.23. The Morgan fingerprint density at radius 2 is 2.35 bits per heavy atom. The maximum absolute atomic E-state index is 11.5. The zero-order valence-corrected chi connectivity index (χ0v) is 9.66. The Labute approximate surface area is 99.2 Å². The summed E-state index contributed by atoms with van der Waals surface area (Å²) in [5, 5.41) is 5.85. The standard InChI is InChI=1S/C10H16N6O/c1-6-4-13-10(16-11)15-9(6)12-5-8(17)14-7-2-3-7/h4,7H,2-3,5,11H2,1H3,(H,14,17)(H2,12,13,15,16). The molecule has 7 nitrogen and oxygen atoms in total. The number of aromatic nitrogens is 2. The van der Waals surface area contributed by atoms with Crippen LogP contribution < -0.4 is 21.9 Å². The van der Waals surface area contributed by atoms with Gasteiger partial charge in [0.05, 0.1) is 6.54 Å². The number of carbonyl (C=O) groups excluding carboxylic acids is 1. The number of hydrogen-bond donors (Lipinski definition) is 4. The number of carbonyl (C=O) groups is 1. The second kappa shape index (κ2) is 4.96. The number of nitrogens with two attached hydrogens (primary N) is 1. The van der Waals surface area contributed by atoms with E-state index in [-0.39, 0.29) is 12.5 Å². The first-order chi connectivity index (χ1) is 8.19. The SMILES string of the molecule is Cc1cnc(NN)nc1NCC(=O)NC1CC1. The van der Waals surface area contributed by atoms with Gasteiger partial charge in [-0.1, -0.05) is 0 Å². The first-order valence-electron chi connectivity index (χ1n) is 5.52. The third kappa shape index (κ3) is 3.28. The Hall–Kier alpha value is -1.89. The number of nitrogens with zero attached hydrogens (tertiary/aromatic N) is 2. The van der Waals surface area contributed by atoms with Gasteiger partial charge in [0.25, 0.3) is 0 Å². The summed E-state index contributed by atoms with van der Waals surface area (Å²) in [7, 11) is 0. The van der Waals surface area contributed by atoms with E-state index in [2.05, 4.69) is 26.0 Å². The summed E-state index contributed by atoms with van der Waals surface area (Å²) in [6, 6.07) is 0.372. The third-order valence-electron chi connectivity index (χ3n) is 2.46. The van der Waals surface area contributed by atoms with Crippen LogP contribution in [0.15, 0.2) is 6.20 Å². The summed E-state index contributed by atoms with van der Waals surface area (Å²) in [4.78, 5) is 19.5. The highest BCUT2D eigenvalue weighted by molar-refractivity contribution is 5.81. The van der Waals surface area contributed by atoms with Crippen LogP contribution in [0.25, 0.3) is 0 Å². The summed E-state index contributed by atoms with van der Waals surface area (Å²) >= 11 is 0. The van der Waals surface area contributed by atoms with E-state index in [9.17, 15) is 4.79 Å². The van der Waals surface area contributed by atoms with Crippen molar-refractivity contribution in [2.75, 3.05) is 17.3 Å². The number of aryl methyl sites for hydroxylation is 1. The molecule has 0 spiro atoms. The number of amides is 1. The van der Waals surface area contributed by atoms with Crippen molar-refractivity contribution in [2.45, 2.75) is 25.8 Å². The zero-order chi connectivity index (χ0) is 12.3. The van der Waals surface area contributed by atoms with Gasteiger partial charge in [-0.25, -0.2) is 10.8 Å². The fourth-order valence-electron chi connectivity index (χ4n) is 1.36. The molecule has 1 aromatic rings. The number of nitrogen functional groups attached to an aromatic ring is 1. The lowest BCUT2D eigenvalue weighted by Crippen LogP contribution is -2.31. The average Bonchev–Trinajstić information content (AvgIpc) is 3.12. The van der Waals surface area contributed by atoms with E-state index in [0.717, 1.165) is 18.4 Å². The van der Waals surface area contributed by atoms with Crippen molar-refractivity contribution >= 4 is 17.7 Å². The van der Waals surface area contributed by atoms with Gasteiger partial charge in [0.2, 0.25) is 11.9 Å². The highest BCUT2D eigenvalue weighted by atomic mass is 16.2. The highest BCUT2D eigenvalue weighted by Crippen LogP contribution is 2.18. The molecule has 1 heterocycles. The lowest BCUT2D eigenvalue weighted by atomic mass is 10.3. The minimum Gasteiger partial charge on any atom is -0.361 e. The van der Waals surface area contributed by atoms with Crippen LogP contribution in [0.1, 0.15) is 18.4 Å². The Morgan fingerprint density at radius 3 is 3.00 bits per heavy atom. The molecule has 1 amide bonds. The molecule has 0 bridgehead atoms. The van der Waals surface area contributed by atoms with Crippen molar-refractivity contribution in [1.82, 2.24) is 15.3 Å². The minimum absolute atomic E-state index is 0.0206. The molecule has 0 atom stereocenters. The van der Waals surface area contributed by atoms with Crippen LogP contribution in [0.2, 0.25) is 0 Å². The number of hydrogen-bond acceptors (Lipinski definition) is 6. The molecule has 1 saturated carbocycles. The second-order valence-corrected chi connectivity index (χ2v) is 4.06. The smallest absolute Gasteiger partial charge is 0.239 e. The monoisotopic (exact) mass is 236 g/mol. The second-order valence-electron chi connectivity index (χ2n) is 4.06. The highest BCUT2D eigenvalue weighted by Gasteiger charge is 2.22. The molecule has 0 saturated heterocycles. The number of rotatable bonds is 5. The summed E-state index contributed by atoms with van der Waals surface area (Å²) in [6.45, 7) is 2.07. The quantitative estimate of drug-likeness (QED) is 0.415. The molecule has 92 valence electrons. The van der Waals surface area contributed by atoms with E-state index in [4.69, 9.17) is 5.84 Å². The molecule has 17 heavy (non-hydrogen) atoms. The van der Waals surface area contributed by atoms with Crippen molar-refractivity contribution in [3.05, 3.63) is 11.8 Å². The fourth-order valence-corrected chi connectivity index (χ4v) is 1.36. The van der Waals surface area contributed by atoms with Crippen LogP contribution in [0.3, 0.4) is 0 Å². The lowest BCUT2D eigenvalue weighted by molar-refractivity contribution is -0.119. The molecule has 1 aliphatic rings. The molecule has 0 unspecified atom stereocenters. The first-order valence-corrected chi connectivity index (χ1v) is 5.52. The van der Waals surface area contributed by atoms with E-state index >= 15 is 0 Å². The molecule has 7 heteroatoms. The molecule has 1 aliphatic carbocycles. The molecule has 2 rings (SSSR count). The van der Waals surface area contributed by atoms with Gasteiger partial charge < -0.3 is 10.6 Å². The van der Waals surface area contributed by atoms with Crippen molar-refractivity contribution in [3.8, 4) is 0 Å². The van der Waals surface area contributed by atoms with Crippen molar-refractivity contribution in [2.24, 2.45) is 5.84 Å². The van der Waals surface area contributed by atoms with Gasteiger partial charge in [-0.15, -0.1) is 0 Å². The topological polar surface area (TPSA) is 105 Å². The van der Waals surface area contributed by atoms with Crippen molar-refractivity contribution < 1.29 is 4.79 Å². The molecule has 0 radical (unpaired) electrons. The van der Waals surface area contributed by atoms with Gasteiger partial charge in [-0.3, -0.25) is 10.2 Å². The lowest BCUT2D eigenvalue weighted by Gasteiger charge is -2.09. The van der Waals surface area contributed by atoms with Crippen LogP contribution in [-0.4, -0.2) is 28.5 Å². The molecule has 0 aromatic carbocycles. The molecule has 1 fully saturated rings. The van der Waals surface area contributed by atoms with E-state index < -0.39 is 0 Å². The zero-order valence-electron chi connectivity index (χ0n) is 9.66. The summed E-state index contributed by atoms with van der Waals surface area (Å²) < 4.78 is 0. The molecule has 1 aromatic heterocycles. The van der Waals surface area contributed by atoms with E-state index in [1.807, 2.05) is 6.92 Å². The van der Waals surface area contributed by atoms with Gasteiger partial charge in [-0.2, -0.15) is 4.98 Å². The number of hydrazine groups is 1. The van der Waals surface area contributed by atoms with Gasteiger partial charge in [0, 0.05) is 17.8 Å². The van der Waals surface area contributed by atoms with Crippen LogP contribution in [-0.2, 0) is 4.79 Å². The van der Waals surface area contributed by atoms with E-state index in [1.165, 1.54) is 0 Å². The largest absolute Gasteiger partial charge is 0.361 e. The first kappa shape index (κ1) is 11.6. The van der Waals surface area contributed by atoms with Crippen molar-refractivity contribution in [3.63, 3.8) is 0 Å². The van der Waals surface area contributed by atoms with Gasteiger partial charge in [0.1, 0.15) is 5.82 Å². The fraction of sp³-hybridized carbons (Fsp3) is 0.500. The Morgan fingerprint density at radius 1 is 1.59 bits per heavy atom. The van der Waals surface area contributed by atoms with Crippen LogP contribution >= 0.6 is 0 Å². The number of anilines is 2. The normalized spacial score (nSPS) is 14.2. The minimum atomic E-state index is -0.0206. The van der Waals surface area contributed by atoms with E-state index in [1.54, 1.807) is 6.20 Å². The van der Waals surface area contributed by atoms with Gasteiger partial charge in [-0.05, 0) is 19.8 Å². The van der Waals surface area contributed by atoms with Crippen LogP contribution in [0.4, 0.5) is 11.8 Å². The predicted octanol–water partition coefficient (Wildman–Crippen LogP) is -0.239. The van der Waals surface area contributed by atoms with E-state index in [0.29, 0.717) is 17.8 Å². The summed E-state index contributed by atoms with van der Waals surface area (Å²) in [6.07, 6.45) is 3.81. The Kier molecular flexibility index (Phi) is 3.38. The van der Waals surface area contributed by atoms with Gasteiger partial charge >= 0.3 is 0 Å². The third-order valence-corrected chi connectivity index (χ3v) is 2.46. The molecular formula is C10H16N6O. The Balaban J connectivity index is 1.90. The summed E-state index contributed by atoms with van der Waals surface area (Å²) in [5.74, 6) is 6.13. The average molecular weight is 236 g/mol. The Bertz CT molecular complexity index is 417. The molecule has 5 N–H and O–H groups in total. The number of nitrogens with one attached hydrogen (secondary N) is 3. The van der Waals surface area contributed by atoms with Crippen LogP contribution in [0, 0.1) is 6.92 Å². The predicted molar refractivity (Wildman–Crippen MR) is 64.2 cm³/mol. The maximum Gasteiger partial charge on any atom is 0.239 e. The van der Waals surface area contributed by atoms with Crippen molar-refractivity contribution in [1.29, 1.82) is 0 Å². The van der Waals surface area contributed by atoms with Crippen LogP contribution in [0.5, 0.6) is 0 Å².